The van der Waals surface area contributed by atoms with Crippen LogP contribution in [0.4, 0.5) is 0 Å². The molecule has 0 saturated heterocycles. The number of thiophene rings is 1. The highest BCUT2D eigenvalue weighted by atomic mass is 35.5. The summed E-state index contributed by atoms with van der Waals surface area (Å²) in [5, 5.41) is 12.3. The first kappa shape index (κ1) is 18.2. The number of pyridine rings is 1. The van der Waals surface area contributed by atoms with Crippen LogP contribution in [0.1, 0.15) is 29.9 Å². The van der Waals surface area contributed by atoms with Gasteiger partial charge in [-0.3, -0.25) is 4.98 Å². The second-order valence-corrected chi connectivity index (χ2v) is 8.74. The predicted octanol–water partition coefficient (Wildman–Crippen LogP) is 6.43. The van der Waals surface area contributed by atoms with Crippen LogP contribution >= 0.6 is 22.9 Å². The van der Waals surface area contributed by atoms with Crippen molar-refractivity contribution in [3.63, 3.8) is 0 Å². The Morgan fingerprint density at radius 1 is 1.04 bits per heavy atom. The fourth-order valence-corrected chi connectivity index (χ4v) is 4.60. The van der Waals surface area contributed by atoms with Crippen LogP contribution in [0.5, 0.6) is 0 Å². The molecule has 2 nitrogen and oxygen atoms in total. The molecule has 4 rings (SSSR count). The number of rotatable bonds is 4. The minimum atomic E-state index is -0.893. The normalized spacial score (nSPS) is 11.9. The van der Waals surface area contributed by atoms with Crippen LogP contribution in [-0.2, 0) is 12.0 Å². The molecule has 0 radical (unpaired) electrons. The number of halogens is 1. The van der Waals surface area contributed by atoms with Crippen molar-refractivity contribution in [1.29, 1.82) is 0 Å². The molecular formula is C23H20ClNOS. The van der Waals surface area contributed by atoms with Crippen LogP contribution < -0.4 is 0 Å². The lowest BCUT2D eigenvalue weighted by Gasteiger charge is -2.18. The summed E-state index contributed by atoms with van der Waals surface area (Å²) in [5.41, 5.74) is 3.07. The lowest BCUT2D eigenvalue weighted by Crippen LogP contribution is -2.15. The molecule has 0 bridgehead atoms. The summed E-state index contributed by atoms with van der Waals surface area (Å²) >= 11 is 8.11. The van der Waals surface area contributed by atoms with Gasteiger partial charge >= 0.3 is 0 Å². The van der Waals surface area contributed by atoms with Crippen LogP contribution in [0.15, 0.2) is 66.9 Å². The Bertz CT molecular complexity index is 1110. The highest BCUT2D eigenvalue weighted by Crippen LogP contribution is 2.36. The van der Waals surface area contributed by atoms with E-state index in [9.17, 15) is 5.11 Å². The molecule has 27 heavy (non-hydrogen) atoms. The number of aromatic nitrogens is 1. The van der Waals surface area contributed by atoms with Gasteiger partial charge < -0.3 is 5.11 Å². The van der Waals surface area contributed by atoms with Crippen LogP contribution in [0, 0.1) is 0 Å². The maximum Gasteiger partial charge on any atom is 0.0841 e. The van der Waals surface area contributed by atoms with Gasteiger partial charge in [0, 0.05) is 32.8 Å². The second-order valence-electron chi connectivity index (χ2n) is 7.19. The summed E-state index contributed by atoms with van der Waals surface area (Å²) in [7, 11) is 0. The van der Waals surface area contributed by atoms with Crippen LogP contribution in [-0.4, -0.2) is 10.1 Å². The van der Waals surface area contributed by atoms with Gasteiger partial charge in [-0.05, 0) is 54.6 Å². The van der Waals surface area contributed by atoms with Gasteiger partial charge in [0.2, 0.25) is 0 Å². The molecule has 0 amide bonds. The summed E-state index contributed by atoms with van der Waals surface area (Å²) in [4.78, 5) is 5.82. The first-order valence-corrected chi connectivity index (χ1v) is 10.1. The molecule has 2 heterocycles. The summed E-state index contributed by atoms with van der Waals surface area (Å²) in [6.07, 6.45) is 2.58. The number of hydrogen-bond acceptors (Lipinski definition) is 3. The van der Waals surface area contributed by atoms with Crippen LogP contribution in [0.25, 0.3) is 21.3 Å². The van der Waals surface area contributed by atoms with Crippen LogP contribution in [0.2, 0.25) is 5.02 Å². The standard InChI is InChI=1S/C23H20ClNOS/c1-23(2,26)17-10-11-25-21(14-17)19-8-5-7-16-13-18(27-22(16)19)12-15-6-3-4-9-20(15)24/h3-11,13-14,26H,12H2,1-2H3. The second kappa shape index (κ2) is 7.08. The Balaban J connectivity index is 1.77. The largest absolute Gasteiger partial charge is 0.386 e. The predicted molar refractivity (Wildman–Crippen MR) is 115 cm³/mol. The number of nitrogens with zero attached hydrogens (tertiary/aromatic N) is 1. The van der Waals surface area contributed by atoms with Gasteiger partial charge in [0.25, 0.3) is 0 Å². The molecule has 0 fully saturated rings. The molecule has 4 heteroatoms. The van der Waals surface area contributed by atoms with E-state index in [1.165, 1.54) is 15.0 Å². The molecular weight excluding hydrogens is 374 g/mol. The van der Waals surface area contributed by atoms with E-state index in [-0.39, 0.29) is 0 Å². The summed E-state index contributed by atoms with van der Waals surface area (Å²) in [5.74, 6) is 0. The lowest BCUT2D eigenvalue weighted by molar-refractivity contribution is 0.0785. The molecule has 0 aliphatic heterocycles. The molecule has 0 spiro atoms. The third-order valence-electron chi connectivity index (χ3n) is 4.66. The number of benzene rings is 2. The van der Waals surface area contributed by atoms with Crippen molar-refractivity contribution < 1.29 is 5.11 Å². The van der Waals surface area contributed by atoms with E-state index in [2.05, 4.69) is 35.3 Å². The average molecular weight is 394 g/mol. The Morgan fingerprint density at radius 2 is 1.85 bits per heavy atom. The summed E-state index contributed by atoms with van der Waals surface area (Å²) < 4.78 is 1.21. The molecule has 2 aromatic carbocycles. The van der Waals surface area contributed by atoms with Crippen molar-refractivity contribution in [2.24, 2.45) is 0 Å². The Kier molecular flexibility index (Phi) is 4.77. The van der Waals surface area contributed by atoms with E-state index < -0.39 is 5.60 Å². The average Bonchev–Trinajstić information content (AvgIpc) is 3.05. The first-order chi connectivity index (χ1) is 12.9. The van der Waals surface area contributed by atoms with Gasteiger partial charge in [0.15, 0.2) is 0 Å². The molecule has 0 saturated carbocycles. The molecule has 0 unspecified atom stereocenters. The molecule has 4 aromatic rings. The Labute approximate surface area is 168 Å². The van der Waals surface area contributed by atoms with E-state index in [4.69, 9.17) is 11.6 Å². The first-order valence-electron chi connectivity index (χ1n) is 8.86. The van der Waals surface area contributed by atoms with E-state index in [0.717, 1.165) is 33.8 Å². The maximum atomic E-state index is 10.3. The highest BCUT2D eigenvalue weighted by molar-refractivity contribution is 7.19. The van der Waals surface area contributed by atoms with E-state index in [1.807, 2.05) is 30.3 Å². The molecule has 0 aliphatic carbocycles. The lowest BCUT2D eigenvalue weighted by atomic mass is 9.97. The van der Waals surface area contributed by atoms with Crippen molar-refractivity contribution in [3.8, 4) is 11.3 Å². The zero-order chi connectivity index (χ0) is 19.0. The minimum absolute atomic E-state index is 0.801. The van der Waals surface area contributed by atoms with Crippen molar-refractivity contribution in [1.82, 2.24) is 4.98 Å². The Hall–Kier alpha value is -2.20. The van der Waals surface area contributed by atoms with Crippen molar-refractivity contribution in [2.45, 2.75) is 25.9 Å². The summed E-state index contributed by atoms with van der Waals surface area (Å²) in [6.45, 7) is 3.58. The summed E-state index contributed by atoms with van der Waals surface area (Å²) in [6, 6.07) is 20.3. The van der Waals surface area contributed by atoms with Crippen molar-refractivity contribution >= 4 is 33.0 Å². The fourth-order valence-electron chi connectivity index (χ4n) is 3.19. The maximum absolute atomic E-state index is 10.3. The minimum Gasteiger partial charge on any atom is -0.386 e. The van der Waals surface area contributed by atoms with Crippen molar-refractivity contribution in [3.05, 3.63) is 87.9 Å². The van der Waals surface area contributed by atoms with Crippen LogP contribution in [0.3, 0.4) is 0 Å². The van der Waals surface area contributed by atoms with Gasteiger partial charge in [0.05, 0.1) is 11.3 Å². The van der Waals surface area contributed by atoms with Gasteiger partial charge in [-0.2, -0.15) is 0 Å². The molecule has 136 valence electrons. The third-order valence-corrected chi connectivity index (χ3v) is 6.21. The molecule has 2 aromatic heterocycles. The van der Waals surface area contributed by atoms with Gasteiger partial charge in [-0.15, -0.1) is 11.3 Å². The zero-order valence-electron chi connectivity index (χ0n) is 15.2. The quantitative estimate of drug-likeness (QED) is 0.433. The third kappa shape index (κ3) is 3.77. The number of fused-ring (bicyclic) bond motifs is 1. The topological polar surface area (TPSA) is 33.1 Å². The van der Waals surface area contributed by atoms with Crippen molar-refractivity contribution in [2.75, 3.05) is 0 Å². The van der Waals surface area contributed by atoms with Gasteiger partial charge in [-0.25, -0.2) is 0 Å². The molecule has 0 atom stereocenters. The Morgan fingerprint density at radius 3 is 2.63 bits per heavy atom. The molecule has 0 aliphatic rings. The molecule has 1 N–H and O–H groups in total. The number of hydrogen-bond donors (Lipinski definition) is 1. The van der Waals surface area contributed by atoms with E-state index in [1.54, 1.807) is 31.4 Å². The number of aliphatic hydroxyl groups is 1. The van der Waals surface area contributed by atoms with E-state index in [0.29, 0.717) is 0 Å². The zero-order valence-corrected chi connectivity index (χ0v) is 16.8. The van der Waals surface area contributed by atoms with Gasteiger partial charge in [0.1, 0.15) is 0 Å². The smallest absolute Gasteiger partial charge is 0.0841 e. The monoisotopic (exact) mass is 393 g/mol. The van der Waals surface area contributed by atoms with E-state index >= 15 is 0 Å². The highest BCUT2D eigenvalue weighted by Gasteiger charge is 2.18. The SMILES string of the molecule is CC(C)(O)c1ccnc(-c2cccc3cc(Cc4ccccc4Cl)sc23)c1. The fraction of sp³-hybridized carbons (Fsp3) is 0.174. The van der Waals surface area contributed by atoms with Gasteiger partial charge in [-0.1, -0.05) is 48.0 Å².